The highest BCUT2D eigenvalue weighted by molar-refractivity contribution is 5.87. The Balaban J connectivity index is 4.57. The molecule has 0 aromatic heterocycles. The maximum atomic E-state index is 11.9. The monoisotopic (exact) mass is 286 g/mol. The van der Waals surface area contributed by atoms with E-state index in [-0.39, 0.29) is 30.7 Å². The first-order chi connectivity index (χ1) is 8.88. The molecule has 0 saturated heterocycles. The lowest BCUT2D eigenvalue weighted by atomic mass is 9.85. The van der Waals surface area contributed by atoms with Crippen LogP contribution in [-0.2, 0) is 14.4 Å². The Kier molecular flexibility index (Phi) is 6.19. The molecule has 0 aromatic carbocycles. The molecule has 0 rings (SSSR count). The molecule has 116 valence electrons. The van der Waals surface area contributed by atoms with Crippen molar-refractivity contribution >= 4 is 17.8 Å². The predicted octanol–water partition coefficient (Wildman–Crippen LogP) is 1.15. The smallest absolute Gasteiger partial charge is 0.305 e. The van der Waals surface area contributed by atoms with E-state index in [1.54, 1.807) is 27.7 Å². The normalized spacial score (nSPS) is 14.6. The summed E-state index contributed by atoms with van der Waals surface area (Å²) in [6.07, 6.45) is -0.163. The number of amides is 2. The number of hydrogen-bond acceptors (Lipinski definition) is 3. The largest absolute Gasteiger partial charge is 0.481 e. The Bertz CT molecular complexity index is 385. The molecule has 1 unspecified atom stereocenters. The first-order valence-electron chi connectivity index (χ1n) is 6.69. The van der Waals surface area contributed by atoms with E-state index in [1.807, 2.05) is 13.8 Å². The van der Waals surface area contributed by atoms with E-state index in [2.05, 4.69) is 10.6 Å². The molecule has 0 aliphatic heterocycles. The van der Waals surface area contributed by atoms with E-state index in [1.165, 1.54) is 0 Å². The highest BCUT2D eigenvalue weighted by Gasteiger charge is 2.33. The summed E-state index contributed by atoms with van der Waals surface area (Å²) in [5.74, 6) is -1.63. The van der Waals surface area contributed by atoms with Crippen LogP contribution in [0.3, 0.4) is 0 Å². The summed E-state index contributed by atoms with van der Waals surface area (Å²) in [6.45, 7) is 10.5. The number of carboxylic acid groups (broad SMARTS) is 1. The van der Waals surface area contributed by atoms with E-state index >= 15 is 0 Å². The fourth-order valence-corrected chi connectivity index (χ4v) is 1.50. The van der Waals surface area contributed by atoms with Crippen LogP contribution in [-0.4, -0.2) is 35.0 Å². The minimum absolute atomic E-state index is 0.0409. The lowest BCUT2D eigenvalue weighted by Crippen LogP contribution is -2.54. The maximum absolute atomic E-state index is 11.9. The standard InChI is InChI=1S/C14H26N2O4/c1-9(2)14(6,7-11(18)19)16-10(17)8-15-12(20)13(3,4)5/h9H,7-8H2,1-6H3,(H,15,20)(H,16,17)(H,18,19). The van der Waals surface area contributed by atoms with Crippen molar-refractivity contribution in [1.82, 2.24) is 10.6 Å². The molecule has 0 aromatic rings. The van der Waals surface area contributed by atoms with Gasteiger partial charge in [0.1, 0.15) is 0 Å². The van der Waals surface area contributed by atoms with Crippen LogP contribution in [0, 0.1) is 11.3 Å². The summed E-state index contributed by atoms with van der Waals surface area (Å²) in [5, 5.41) is 14.1. The molecule has 0 fully saturated rings. The lowest BCUT2D eigenvalue weighted by Gasteiger charge is -2.33. The van der Waals surface area contributed by atoms with E-state index in [4.69, 9.17) is 5.11 Å². The van der Waals surface area contributed by atoms with Gasteiger partial charge in [-0.3, -0.25) is 14.4 Å². The second-order valence-corrected chi connectivity index (χ2v) is 6.62. The number of carboxylic acids is 1. The van der Waals surface area contributed by atoms with Gasteiger partial charge in [-0.1, -0.05) is 34.6 Å². The van der Waals surface area contributed by atoms with Gasteiger partial charge >= 0.3 is 5.97 Å². The fraction of sp³-hybridized carbons (Fsp3) is 0.786. The molecule has 6 heteroatoms. The number of rotatable bonds is 6. The molecule has 0 aliphatic carbocycles. The van der Waals surface area contributed by atoms with Crippen LogP contribution in [0.2, 0.25) is 0 Å². The van der Waals surface area contributed by atoms with Crippen LogP contribution >= 0.6 is 0 Å². The summed E-state index contributed by atoms with van der Waals surface area (Å²) < 4.78 is 0. The van der Waals surface area contributed by atoms with E-state index < -0.39 is 16.9 Å². The Morgan fingerprint density at radius 2 is 1.60 bits per heavy atom. The first-order valence-corrected chi connectivity index (χ1v) is 6.69. The van der Waals surface area contributed by atoms with Gasteiger partial charge in [0.05, 0.1) is 18.5 Å². The SMILES string of the molecule is CC(C)C(C)(CC(=O)O)NC(=O)CNC(=O)C(C)(C)C. The van der Waals surface area contributed by atoms with Crippen LogP contribution in [0.5, 0.6) is 0 Å². The van der Waals surface area contributed by atoms with Crippen molar-refractivity contribution in [3.05, 3.63) is 0 Å². The van der Waals surface area contributed by atoms with Crippen molar-refractivity contribution in [2.45, 2.75) is 53.5 Å². The molecule has 2 amide bonds. The van der Waals surface area contributed by atoms with Gasteiger partial charge in [0, 0.05) is 5.41 Å². The van der Waals surface area contributed by atoms with Crippen LogP contribution in [0.4, 0.5) is 0 Å². The molecule has 1 atom stereocenters. The third kappa shape index (κ3) is 6.04. The molecule has 3 N–H and O–H groups in total. The molecular formula is C14H26N2O4. The van der Waals surface area contributed by atoms with Gasteiger partial charge in [0.25, 0.3) is 0 Å². The summed E-state index contributed by atoms with van der Waals surface area (Å²) in [5.41, 5.74) is -1.40. The van der Waals surface area contributed by atoms with Crippen molar-refractivity contribution in [3.63, 3.8) is 0 Å². The van der Waals surface area contributed by atoms with E-state index in [9.17, 15) is 14.4 Å². The third-order valence-corrected chi connectivity index (χ3v) is 3.31. The third-order valence-electron chi connectivity index (χ3n) is 3.31. The molecule has 0 aliphatic rings. The number of nitrogens with one attached hydrogen (secondary N) is 2. The minimum Gasteiger partial charge on any atom is -0.481 e. The number of carbonyl (C=O) groups is 3. The Morgan fingerprint density at radius 3 is 1.95 bits per heavy atom. The zero-order valence-electron chi connectivity index (χ0n) is 13.2. The van der Waals surface area contributed by atoms with Gasteiger partial charge in [-0.2, -0.15) is 0 Å². The van der Waals surface area contributed by atoms with Crippen molar-refractivity contribution in [2.24, 2.45) is 11.3 Å². The minimum atomic E-state index is -0.972. The molecule has 0 heterocycles. The second kappa shape index (κ2) is 6.72. The van der Waals surface area contributed by atoms with Crippen molar-refractivity contribution in [1.29, 1.82) is 0 Å². The fourth-order valence-electron chi connectivity index (χ4n) is 1.50. The quantitative estimate of drug-likeness (QED) is 0.682. The van der Waals surface area contributed by atoms with Crippen LogP contribution in [0.15, 0.2) is 0 Å². The maximum Gasteiger partial charge on any atom is 0.305 e. The Hall–Kier alpha value is -1.59. The highest BCUT2D eigenvalue weighted by Crippen LogP contribution is 2.20. The van der Waals surface area contributed by atoms with E-state index in [0.29, 0.717) is 0 Å². The highest BCUT2D eigenvalue weighted by atomic mass is 16.4. The number of carbonyl (C=O) groups excluding carboxylic acids is 2. The van der Waals surface area contributed by atoms with Gasteiger partial charge in [0.15, 0.2) is 0 Å². The summed E-state index contributed by atoms with van der Waals surface area (Å²) >= 11 is 0. The Morgan fingerprint density at radius 1 is 1.10 bits per heavy atom. The summed E-state index contributed by atoms with van der Waals surface area (Å²) in [6, 6.07) is 0. The molecular weight excluding hydrogens is 260 g/mol. The van der Waals surface area contributed by atoms with Crippen LogP contribution in [0.25, 0.3) is 0 Å². The van der Waals surface area contributed by atoms with Gasteiger partial charge in [0.2, 0.25) is 11.8 Å². The topological polar surface area (TPSA) is 95.5 Å². The molecule has 0 bridgehead atoms. The Labute approximate surface area is 120 Å². The molecule has 6 nitrogen and oxygen atoms in total. The molecule has 0 radical (unpaired) electrons. The average molecular weight is 286 g/mol. The van der Waals surface area contributed by atoms with Crippen molar-refractivity contribution < 1.29 is 19.5 Å². The molecule has 0 saturated carbocycles. The van der Waals surface area contributed by atoms with Gasteiger partial charge < -0.3 is 15.7 Å². The molecule has 20 heavy (non-hydrogen) atoms. The average Bonchev–Trinajstić information content (AvgIpc) is 2.22. The van der Waals surface area contributed by atoms with Crippen molar-refractivity contribution in [2.75, 3.05) is 6.54 Å². The van der Waals surface area contributed by atoms with Gasteiger partial charge in [-0.05, 0) is 12.8 Å². The zero-order valence-corrected chi connectivity index (χ0v) is 13.2. The summed E-state index contributed by atoms with van der Waals surface area (Å²) in [4.78, 5) is 34.4. The number of hydrogen-bond donors (Lipinski definition) is 3. The van der Waals surface area contributed by atoms with Crippen LogP contribution < -0.4 is 10.6 Å². The van der Waals surface area contributed by atoms with E-state index in [0.717, 1.165) is 0 Å². The van der Waals surface area contributed by atoms with Crippen LogP contribution in [0.1, 0.15) is 48.0 Å². The molecule has 0 spiro atoms. The first kappa shape index (κ1) is 18.4. The van der Waals surface area contributed by atoms with Crippen molar-refractivity contribution in [3.8, 4) is 0 Å². The predicted molar refractivity (Wildman–Crippen MR) is 76.1 cm³/mol. The summed E-state index contributed by atoms with van der Waals surface area (Å²) in [7, 11) is 0. The van der Waals surface area contributed by atoms with Gasteiger partial charge in [-0.15, -0.1) is 0 Å². The second-order valence-electron chi connectivity index (χ2n) is 6.62. The van der Waals surface area contributed by atoms with Gasteiger partial charge in [-0.25, -0.2) is 0 Å². The number of aliphatic carboxylic acids is 1. The zero-order chi connectivity index (χ0) is 16.1. The lowest BCUT2D eigenvalue weighted by molar-refractivity contribution is -0.140.